The number of aromatic nitrogens is 4. The molecule has 1 saturated heterocycles. The number of hydrogen-bond donors (Lipinski definition) is 1. The zero-order chi connectivity index (χ0) is 22.7. The second-order valence-corrected chi connectivity index (χ2v) is 11.6. The van der Waals surface area contributed by atoms with Crippen LogP contribution < -0.4 is 5.32 Å². The van der Waals surface area contributed by atoms with Crippen molar-refractivity contribution in [2.24, 2.45) is 13.0 Å². The van der Waals surface area contributed by atoms with E-state index in [1.807, 2.05) is 18.2 Å². The Kier molecular flexibility index (Phi) is 6.93. The minimum absolute atomic E-state index is 0.0507. The molecule has 170 valence electrons. The lowest BCUT2D eigenvalue weighted by Crippen LogP contribution is -2.41. The van der Waals surface area contributed by atoms with Gasteiger partial charge in [-0.15, -0.1) is 10.2 Å². The normalized spacial score (nSPS) is 15.7. The molecule has 0 unspecified atom stereocenters. The van der Waals surface area contributed by atoms with Crippen LogP contribution in [0, 0.1) is 12.8 Å². The van der Waals surface area contributed by atoms with E-state index in [-0.39, 0.29) is 29.9 Å². The van der Waals surface area contributed by atoms with E-state index in [0.717, 1.165) is 10.1 Å². The minimum Gasteiger partial charge on any atom is -0.337 e. The first-order valence-electron chi connectivity index (χ1n) is 10.1. The number of amides is 1. The monoisotopic (exact) mass is 492 g/mol. The number of piperidine rings is 1. The lowest BCUT2D eigenvalue weighted by molar-refractivity contribution is -0.120. The topological polar surface area (TPSA) is 110 Å². The van der Waals surface area contributed by atoms with E-state index >= 15 is 0 Å². The van der Waals surface area contributed by atoms with Crippen LogP contribution in [0.4, 0.5) is 5.13 Å². The van der Waals surface area contributed by atoms with Crippen molar-refractivity contribution in [2.45, 2.75) is 34.9 Å². The Hall–Kier alpha value is -2.28. The Morgan fingerprint density at radius 3 is 2.59 bits per heavy atom. The van der Waals surface area contributed by atoms with Crippen LogP contribution in [0.2, 0.25) is 0 Å². The first-order valence-corrected chi connectivity index (χ1v) is 13.4. The molecule has 12 heteroatoms. The average Bonchev–Trinajstić information content (AvgIpc) is 3.39. The van der Waals surface area contributed by atoms with Crippen LogP contribution in [-0.2, 0) is 27.6 Å². The van der Waals surface area contributed by atoms with Gasteiger partial charge < -0.3 is 9.88 Å². The molecule has 3 aromatic rings. The first-order chi connectivity index (χ1) is 15.3. The Balaban J connectivity index is 1.29. The molecule has 1 aliphatic rings. The third kappa shape index (κ3) is 5.20. The molecule has 1 aliphatic heterocycles. The molecule has 0 bridgehead atoms. The fourth-order valence-electron chi connectivity index (χ4n) is 3.39. The van der Waals surface area contributed by atoms with Gasteiger partial charge in [0.2, 0.25) is 11.0 Å². The number of sulfonamides is 1. The molecular formula is C20H24N6O3S3. The van der Waals surface area contributed by atoms with Gasteiger partial charge in [-0.1, -0.05) is 53.4 Å². The zero-order valence-electron chi connectivity index (χ0n) is 17.8. The minimum atomic E-state index is -3.65. The summed E-state index contributed by atoms with van der Waals surface area (Å²) in [6.45, 7) is 2.32. The number of imidazole rings is 1. The highest BCUT2D eigenvalue weighted by Gasteiger charge is 2.33. The molecule has 0 spiro atoms. The van der Waals surface area contributed by atoms with Crippen molar-refractivity contribution in [3.63, 3.8) is 0 Å². The molecule has 1 amide bonds. The van der Waals surface area contributed by atoms with Crippen LogP contribution in [-0.4, -0.2) is 51.5 Å². The molecule has 0 aliphatic carbocycles. The van der Waals surface area contributed by atoms with Crippen LogP contribution in [0.25, 0.3) is 0 Å². The van der Waals surface area contributed by atoms with Gasteiger partial charge >= 0.3 is 0 Å². The van der Waals surface area contributed by atoms with Gasteiger partial charge in [0.05, 0.1) is 0 Å². The maximum Gasteiger partial charge on any atom is 0.262 e. The lowest BCUT2D eigenvalue weighted by atomic mass is 9.97. The maximum absolute atomic E-state index is 12.8. The Bertz CT molecular complexity index is 1160. The fraction of sp³-hybridized carbons (Fsp3) is 0.400. The zero-order valence-corrected chi connectivity index (χ0v) is 20.2. The Morgan fingerprint density at radius 2 is 1.94 bits per heavy atom. The van der Waals surface area contributed by atoms with Crippen molar-refractivity contribution < 1.29 is 13.2 Å². The van der Waals surface area contributed by atoms with E-state index in [4.69, 9.17) is 0 Å². The number of anilines is 1. The molecule has 0 saturated carbocycles. The number of rotatable bonds is 7. The number of carbonyl (C=O) groups excluding carboxylic acids is 1. The van der Waals surface area contributed by atoms with Crippen LogP contribution in [0.15, 0.2) is 45.9 Å². The third-order valence-corrected chi connectivity index (χ3v) is 9.17. The van der Waals surface area contributed by atoms with Gasteiger partial charge in [-0.3, -0.25) is 4.79 Å². The largest absolute Gasteiger partial charge is 0.337 e. The summed E-state index contributed by atoms with van der Waals surface area (Å²) in [5, 5.41) is 11.6. The van der Waals surface area contributed by atoms with Gasteiger partial charge in [0.25, 0.3) is 10.0 Å². The molecule has 0 atom stereocenters. The summed E-state index contributed by atoms with van der Waals surface area (Å²) in [5.74, 6) is 1.01. The molecule has 2 aromatic heterocycles. The maximum atomic E-state index is 12.8. The molecule has 1 fully saturated rings. The summed E-state index contributed by atoms with van der Waals surface area (Å²) in [5.41, 5.74) is 1.20. The number of thioether (sulfide) groups is 1. The first kappa shape index (κ1) is 22.9. The van der Waals surface area contributed by atoms with E-state index in [9.17, 15) is 13.2 Å². The van der Waals surface area contributed by atoms with Crippen LogP contribution in [0.3, 0.4) is 0 Å². The second kappa shape index (κ2) is 9.69. The average molecular weight is 493 g/mol. The van der Waals surface area contributed by atoms with Crippen molar-refractivity contribution in [3.05, 3.63) is 47.9 Å². The highest BCUT2D eigenvalue weighted by atomic mass is 32.2. The predicted molar refractivity (Wildman–Crippen MR) is 124 cm³/mol. The fourth-order valence-corrected chi connectivity index (χ4v) is 6.59. The predicted octanol–water partition coefficient (Wildman–Crippen LogP) is 2.91. The van der Waals surface area contributed by atoms with Crippen molar-refractivity contribution in [2.75, 3.05) is 18.4 Å². The molecule has 9 nitrogen and oxygen atoms in total. The molecule has 32 heavy (non-hydrogen) atoms. The molecule has 0 radical (unpaired) electrons. The van der Waals surface area contributed by atoms with E-state index < -0.39 is 10.0 Å². The molecule has 4 rings (SSSR count). The van der Waals surface area contributed by atoms with Gasteiger partial charge in [0.15, 0.2) is 9.37 Å². The lowest BCUT2D eigenvalue weighted by Gasteiger charge is -2.29. The molecule has 1 aromatic carbocycles. The summed E-state index contributed by atoms with van der Waals surface area (Å²) in [4.78, 5) is 16.8. The molecular weight excluding hydrogens is 468 g/mol. The highest BCUT2D eigenvalue weighted by molar-refractivity contribution is 8.00. The summed E-state index contributed by atoms with van der Waals surface area (Å²) < 4.78 is 29.5. The van der Waals surface area contributed by atoms with Crippen molar-refractivity contribution in [1.29, 1.82) is 0 Å². The van der Waals surface area contributed by atoms with E-state index in [2.05, 4.69) is 32.6 Å². The third-order valence-electron chi connectivity index (χ3n) is 5.36. The Morgan fingerprint density at radius 1 is 1.22 bits per heavy atom. The number of hydrogen-bond acceptors (Lipinski definition) is 8. The van der Waals surface area contributed by atoms with Gasteiger partial charge in [0, 0.05) is 38.0 Å². The smallest absolute Gasteiger partial charge is 0.262 e. The van der Waals surface area contributed by atoms with Crippen molar-refractivity contribution in [3.8, 4) is 0 Å². The highest BCUT2D eigenvalue weighted by Crippen LogP contribution is 2.29. The summed E-state index contributed by atoms with van der Waals surface area (Å²) in [6, 6.07) is 10.1. The summed E-state index contributed by atoms with van der Waals surface area (Å²) in [7, 11) is -1.89. The standard InChI is InChI=1S/C20H24N6O3S3/c1-14-21-17(12-25(14)2)32(28,29)26-10-8-16(9-11-26)18(27)22-19-23-24-20(31-19)30-13-15-6-4-3-5-7-15/h3-7,12,16H,8-11,13H2,1-2H3,(H,22,23,27). The van der Waals surface area contributed by atoms with Gasteiger partial charge in [-0.05, 0) is 25.3 Å². The summed E-state index contributed by atoms with van der Waals surface area (Å²) >= 11 is 2.92. The number of nitrogens with one attached hydrogen (secondary N) is 1. The van der Waals surface area contributed by atoms with Crippen LogP contribution >= 0.6 is 23.1 Å². The number of aryl methyl sites for hydroxylation is 2. The quantitative estimate of drug-likeness (QED) is 0.399. The van der Waals surface area contributed by atoms with Crippen molar-refractivity contribution in [1.82, 2.24) is 24.1 Å². The van der Waals surface area contributed by atoms with Gasteiger partial charge in [0.1, 0.15) is 5.82 Å². The van der Waals surface area contributed by atoms with Gasteiger partial charge in [-0.2, -0.15) is 4.31 Å². The summed E-state index contributed by atoms with van der Waals surface area (Å²) in [6.07, 6.45) is 2.42. The second-order valence-electron chi connectivity index (χ2n) is 7.55. The van der Waals surface area contributed by atoms with E-state index in [1.165, 1.54) is 27.4 Å². The van der Waals surface area contributed by atoms with E-state index in [1.54, 1.807) is 30.3 Å². The number of carbonyl (C=O) groups is 1. The van der Waals surface area contributed by atoms with Crippen LogP contribution in [0.5, 0.6) is 0 Å². The van der Waals surface area contributed by atoms with Crippen LogP contribution in [0.1, 0.15) is 24.2 Å². The number of benzene rings is 1. The SMILES string of the molecule is Cc1nc(S(=O)(=O)N2CCC(C(=O)Nc3nnc(SCc4ccccc4)s3)CC2)cn1C. The van der Waals surface area contributed by atoms with Gasteiger partial charge in [-0.25, -0.2) is 13.4 Å². The molecule has 1 N–H and O–H groups in total. The Labute approximate surface area is 195 Å². The van der Waals surface area contributed by atoms with E-state index in [0.29, 0.717) is 23.8 Å². The molecule has 3 heterocycles. The van der Waals surface area contributed by atoms with Crippen molar-refractivity contribution >= 4 is 44.2 Å². The number of nitrogens with zero attached hydrogens (tertiary/aromatic N) is 5.